The molecule has 0 aliphatic heterocycles. The van der Waals surface area contributed by atoms with E-state index < -0.39 is 6.10 Å². The van der Waals surface area contributed by atoms with Gasteiger partial charge in [-0.3, -0.25) is 4.68 Å². The fourth-order valence-corrected chi connectivity index (χ4v) is 1.84. The van der Waals surface area contributed by atoms with Gasteiger partial charge in [0.15, 0.2) is 0 Å². The molecule has 6 heteroatoms. The lowest BCUT2D eigenvalue weighted by molar-refractivity contribution is 0.0131. The van der Waals surface area contributed by atoms with Crippen LogP contribution in [0, 0.1) is 3.57 Å². The maximum atomic E-state index is 9.72. The van der Waals surface area contributed by atoms with Crippen molar-refractivity contribution in [3.8, 4) is 0 Å². The maximum absolute atomic E-state index is 9.72. The van der Waals surface area contributed by atoms with E-state index >= 15 is 0 Å². The summed E-state index contributed by atoms with van der Waals surface area (Å²) in [5, 5.41) is 13.8. The van der Waals surface area contributed by atoms with Crippen LogP contribution >= 0.6 is 22.6 Å². The maximum Gasteiger partial charge on any atom is 0.129 e. The third kappa shape index (κ3) is 4.14. The Hall–Kier alpha value is -0.860. The largest absolute Gasteiger partial charge is 0.467 e. The van der Waals surface area contributed by atoms with Gasteiger partial charge in [-0.25, -0.2) is 0 Å². The van der Waals surface area contributed by atoms with Crippen LogP contribution in [0.3, 0.4) is 0 Å². The molecule has 1 N–H and O–H groups in total. The monoisotopic (exact) mass is 348 g/mol. The van der Waals surface area contributed by atoms with Crippen LogP contribution in [0.15, 0.2) is 35.2 Å². The van der Waals surface area contributed by atoms with E-state index in [2.05, 4.69) is 27.7 Å². The number of rotatable bonds is 6. The fourth-order valence-electron chi connectivity index (χ4n) is 1.40. The molecule has 0 amide bonds. The van der Waals surface area contributed by atoms with Crippen molar-refractivity contribution < 1.29 is 14.3 Å². The van der Waals surface area contributed by atoms with E-state index in [1.165, 1.54) is 0 Å². The Morgan fingerprint density at radius 2 is 2.47 bits per heavy atom. The highest BCUT2D eigenvalue weighted by Gasteiger charge is 2.07. The molecular weight excluding hydrogens is 335 g/mol. The van der Waals surface area contributed by atoms with E-state index in [-0.39, 0.29) is 6.61 Å². The zero-order chi connectivity index (χ0) is 12.1. The second kappa shape index (κ2) is 6.18. The van der Waals surface area contributed by atoms with Gasteiger partial charge in [0, 0.05) is 6.20 Å². The van der Waals surface area contributed by atoms with Crippen molar-refractivity contribution in [1.82, 2.24) is 9.78 Å². The average molecular weight is 348 g/mol. The third-order valence-electron chi connectivity index (χ3n) is 2.13. The van der Waals surface area contributed by atoms with Gasteiger partial charge in [-0.15, -0.1) is 0 Å². The summed E-state index contributed by atoms with van der Waals surface area (Å²) in [6.45, 7) is 1.07. The van der Waals surface area contributed by atoms with Gasteiger partial charge in [0.2, 0.25) is 0 Å². The number of aliphatic hydroxyl groups excluding tert-OH is 1. The molecule has 1 atom stereocenters. The van der Waals surface area contributed by atoms with Crippen LogP contribution in [-0.4, -0.2) is 27.6 Å². The Morgan fingerprint density at radius 3 is 3.12 bits per heavy atom. The quantitative estimate of drug-likeness (QED) is 0.807. The number of aliphatic hydroxyl groups is 1. The van der Waals surface area contributed by atoms with Gasteiger partial charge < -0.3 is 14.3 Å². The zero-order valence-corrected chi connectivity index (χ0v) is 11.3. The number of ether oxygens (including phenoxy) is 1. The van der Waals surface area contributed by atoms with E-state index in [0.717, 1.165) is 9.33 Å². The minimum Gasteiger partial charge on any atom is -0.467 e. The number of hydrogen-bond donors (Lipinski definition) is 1. The molecule has 2 heterocycles. The van der Waals surface area contributed by atoms with Gasteiger partial charge in [0.1, 0.15) is 12.4 Å². The Balaban J connectivity index is 1.69. The smallest absolute Gasteiger partial charge is 0.129 e. The Labute approximate surface area is 113 Å². The van der Waals surface area contributed by atoms with Gasteiger partial charge in [-0.05, 0) is 34.7 Å². The first-order chi connectivity index (χ1) is 8.24. The topological polar surface area (TPSA) is 60.4 Å². The Kier molecular flexibility index (Phi) is 4.57. The lowest BCUT2D eigenvalue weighted by Crippen LogP contribution is -2.22. The lowest BCUT2D eigenvalue weighted by atomic mass is 10.4. The zero-order valence-electron chi connectivity index (χ0n) is 9.12. The van der Waals surface area contributed by atoms with E-state index in [1.807, 2.05) is 12.3 Å². The second-order valence-corrected chi connectivity index (χ2v) is 4.87. The molecule has 0 saturated carbocycles. The highest BCUT2D eigenvalue weighted by atomic mass is 127. The van der Waals surface area contributed by atoms with E-state index in [4.69, 9.17) is 9.15 Å². The molecule has 0 saturated heterocycles. The Bertz CT molecular complexity index is 441. The molecule has 2 rings (SSSR count). The normalized spacial score (nSPS) is 12.8. The summed E-state index contributed by atoms with van der Waals surface area (Å²) in [5.41, 5.74) is 0. The van der Waals surface area contributed by atoms with Gasteiger partial charge in [0.05, 0.1) is 35.3 Å². The fraction of sp³-hybridized carbons (Fsp3) is 0.364. The molecule has 0 spiro atoms. The first-order valence-corrected chi connectivity index (χ1v) is 6.28. The van der Waals surface area contributed by atoms with Crippen LogP contribution in [0.4, 0.5) is 0 Å². The number of hydrogen-bond acceptors (Lipinski definition) is 4. The first kappa shape index (κ1) is 12.6. The molecule has 17 heavy (non-hydrogen) atoms. The molecule has 0 radical (unpaired) electrons. The molecule has 92 valence electrons. The summed E-state index contributed by atoms with van der Waals surface area (Å²) in [6, 6.07) is 3.64. The molecule has 0 aromatic carbocycles. The van der Waals surface area contributed by atoms with Gasteiger partial charge >= 0.3 is 0 Å². The molecular formula is C11H13IN2O3. The molecule has 0 fully saturated rings. The minimum absolute atomic E-state index is 0.261. The van der Waals surface area contributed by atoms with Crippen molar-refractivity contribution in [2.45, 2.75) is 19.3 Å². The van der Waals surface area contributed by atoms with Crippen molar-refractivity contribution in [2.24, 2.45) is 0 Å². The number of furan rings is 1. The molecule has 0 aliphatic rings. The predicted molar refractivity (Wildman–Crippen MR) is 69.3 cm³/mol. The highest BCUT2D eigenvalue weighted by molar-refractivity contribution is 14.1. The summed E-state index contributed by atoms with van der Waals surface area (Å²) < 4.78 is 13.2. The Morgan fingerprint density at radius 1 is 1.59 bits per heavy atom. The standard InChI is InChI=1S/C11H13IN2O3/c12-9-4-13-14(5-9)6-10(15)7-16-8-11-2-1-3-17-11/h1-5,10,15H,6-8H2/t10-/m0/s1. The molecule has 5 nitrogen and oxygen atoms in total. The number of nitrogens with zero attached hydrogens (tertiary/aromatic N) is 2. The SMILES string of the molecule is O[C@H](COCc1ccco1)Cn1cc(I)cn1. The van der Waals surface area contributed by atoms with E-state index in [1.54, 1.807) is 23.2 Å². The molecule has 2 aromatic rings. The highest BCUT2D eigenvalue weighted by Crippen LogP contribution is 2.04. The summed E-state index contributed by atoms with van der Waals surface area (Å²) in [5.74, 6) is 0.755. The van der Waals surface area contributed by atoms with Crippen LogP contribution in [0.1, 0.15) is 5.76 Å². The molecule has 0 bridgehead atoms. The van der Waals surface area contributed by atoms with Crippen LogP contribution in [0.5, 0.6) is 0 Å². The van der Waals surface area contributed by atoms with E-state index in [9.17, 15) is 5.11 Å². The molecule has 2 aromatic heterocycles. The second-order valence-electron chi connectivity index (χ2n) is 3.63. The van der Waals surface area contributed by atoms with Crippen LogP contribution in [0.25, 0.3) is 0 Å². The van der Waals surface area contributed by atoms with Crippen LogP contribution in [-0.2, 0) is 17.9 Å². The van der Waals surface area contributed by atoms with Crippen molar-refractivity contribution in [3.63, 3.8) is 0 Å². The first-order valence-electron chi connectivity index (χ1n) is 5.20. The summed E-state index contributed by atoms with van der Waals surface area (Å²) in [6.07, 6.45) is 4.65. The van der Waals surface area contributed by atoms with E-state index in [0.29, 0.717) is 13.2 Å². The summed E-state index contributed by atoms with van der Waals surface area (Å²) in [4.78, 5) is 0. The lowest BCUT2D eigenvalue weighted by Gasteiger charge is -2.10. The van der Waals surface area contributed by atoms with Crippen molar-refractivity contribution in [3.05, 3.63) is 40.1 Å². The van der Waals surface area contributed by atoms with Gasteiger partial charge in [0.25, 0.3) is 0 Å². The summed E-state index contributed by atoms with van der Waals surface area (Å²) >= 11 is 2.17. The minimum atomic E-state index is -0.569. The van der Waals surface area contributed by atoms with Gasteiger partial charge in [-0.1, -0.05) is 0 Å². The molecule has 0 unspecified atom stereocenters. The van der Waals surface area contributed by atoms with Crippen LogP contribution in [0.2, 0.25) is 0 Å². The van der Waals surface area contributed by atoms with Gasteiger partial charge in [-0.2, -0.15) is 5.10 Å². The van der Waals surface area contributed by atoms with Crippen LogP contribution < -0.4 is 0 Å². The number of aromatic nitrogens is 2. The third-order valence-corrected chi connectivity index (χ3v) is 2.69. The molecule has 0 aliphatic carbocycles. The van der Waals surface area contributed by atoms with Crippen molar-refractivity contribution in [2.75, 3.05) is 6.61 Å². The summed E-state index contributed by atoms with van der Waals surface area (Å²) in [7, 11) is 0. The number of halogens is 1. The predicted octanol–water partition coefficient (Wildman–Crippen LogP) is 1.66. The van der Waals surface area contributed by atoms with Crippen molar-refractivity contribution >= 4 is 22.6 Å². The average Bonchev–Trinajstić information content (AvgIpc) is 2.90. The van der Waals surface area contributed by atoms with Crippen molar-refractivity contribution in [1.29, 1.82) is 0 Å².